The van der Waals surface area contributed by atoms with E-state index in [-0.39, 0.29) is 5.75 Å². The molecule has 0 aliphatic carbocycles. The molecule has 0 fully saturated rings. The average Bonchev–Trinajstić information content (AvgIpc) is 3.31. The van der Waals surface area contributed by atoms with Gasteiger partial charge in [0.25, 0.3) is 0 Å². The molecule has 0 unspecified atom stereocenters. The minimum absolute atomic E-state index is 0.0908. The summed E-state index contributed by atoms with van der Waals surface area (Å²) in [7, 11) is -3.01. The van der Waals surface area contributed by atoms with Crippen LogP contribution < -0.4 is 14.8 Å². The van der Waals surface area contributed by atoms with Crippen molar-refractivity contribution < 1.29 is 17.9 Å². The van der Waals surface area contributed by atoms with Gasteiger partial charge in [-0.3, -0.25) is 0 Å². The lowest BCUT2D eigenvalue weighted by Gasteiger charge is -2.13. The number of pyridine rings is 1. The molecule has 0 saturated heterocycles. The van der Waals surface area contributed by atoms with E-state index in [1.54, 1.807) is 6.20 Å². The van der Waals surface area contributed by atoms with Crippen LogP contribution in [0.3, 0.4) is 0 Å². The third-order valence-electron chi connectivity index (χ3n) is 5.57. The highest BCUT2D eigenvalue weighted by Crippen LogP contribution is 2.31. The van der Waals surface area contributed by atoms with Crippen molar-refractivity contribution in [3.05, 3.63) is 79.0 Å². The average molecular weight is 504 g/mol. The third-order valence-corrected chi connectivity index (χ3v) is 6.60. The smallest absolute Gasteiger partial charge is 0.147 e. The molecule has 0 radical (unpaired) electrons. The van der Waals surface area contributed by atoms with E-state index in [2.05, 4.69) is 20.3 Å². The van der Waals surface area contributed by atoms with Crippen molar-refractivity contribution in [3.8, 4) is 17.2 Å². The standard InChI is InChI=1S/C26H25N5O4S/c1-18-14-19(4-7-24(18)35-21-8-10-31-11-9-27-25(31)16-21)30-26-22-15-20(5-6-23(22)28-17-29-26)34-12-3-13-36(2,32)33/h4-11,14-17H,3,12-13H2,1-2H3,(H,28,29,30). The Morgan fingerprint density at radius 2 is 1.86 bits per heavy atom. The molecule has 3 heterocycles. The van der Waals surface area contributed by atoms with E-state index in [0.29, 0.717) is 30.3 Å². The van der Waals surface area contributed by atoms with Gasteiger partial charge in [-0.05, 0) is 61.4 Å². The minimum atomic E-state index is -3.01. The number of fused-ring (bicyclic) bond motifs is 2. The van der Waals surface area contributed by atoms with Crippen LogP contribution in [0.1, 0.15) is 12.0 Å². The van der Waals surface area contributed by atoms with Crippen LogP contribution in [0.2, 0.25) is 0 Å². The van der Waals surface area contributed by atoms with Crippen molar-refractivity contribution >= 4 is 37.9 Å². The summed E-state index contributed by atoms with van der Waals surface area (Å²) in [6, 6.07) is 15.1. The first-order valence-electron chi connectivity index (χ1n) is 11.4. The van der Waals surface area contributed by atoms with Crippen LogP contribution in [0, 0.1) is 6.92 Å². The number of rotatable bonds is 9. The first kappa shape index (κ1) is 23.6. The van der Waals surface area contributed by atoms with Gasteiger partial charge in [0.15, 0.2) is 0 Å². The molecule has 0 spiro atoms. The second kappa shape index (κ2) is 9.82. The summed E-state index contributed by atoms with van der Waals surface area (Å²) in [5, 5.41) is 4.15. The molecule has 5 rings (SSSR count). The van der Waals surface area contributed by atoms with Gasteiger partial charge in [-0.25, -0.2) is 23.4 Å². The highest BCUT2D eigenvalue weighted by atomic mass is 32.2. The fourth-order valence-corrected chi connectivity index (χ4v) is 4.44. The Bertz CT molecular complexity index is 1650. The van der Waals surface area contributed by atoms with Crippen molar-refractivity contribution in [2.75, 3.05) is 23.9 Å². The van der Waals surface area contributed by atoms with Crippen molar-refractivity contribution in [3.63, 3.8) is 0 Å². The number of ether oxygens (including phenoxy) is 2. The molecule has 0 aliphatic heterocycles. The van der Waals surface area contributed by atoms with Gasteiger partial charge in [0, 0.05) is 42.0 Å². The van der Waals surface area contributed by atoms with Gasteiger partial charge in [-0.15, -0.1) is 0 Å². The molecule has 10 heteroatoms. The summed E-state index contributed by atoms with van der Waals surface area (Å²) in [6.07, 6.45) is 8.70. The molecule has 0 saturated carbocycles. The number of benzene rings is 2. The quantitative estimate of drug-likeness (QED) is 0.282. The number of nitrogens with zero attached hydrogens (tertiary/aromatic N) is 4. The van der Waals surface area contributed by atoms with Crippen molar-refractivity contribution in [1.29, 1.82) is 0 Å². The Hall–Kier alpha value is -4.18. The van der Waals surface area contributed by atoms with E-state index in [1.165, 1.54) is 12.6 Å². The Morgan fingerprint density at radius 3 is 2.69 bits per heavy atom. The fourth-order valence-electron chi connectivity index (χ4n) is 3.80. The first-order chi connectivity index (χ1) is 17.3. The lowest BCUT2D eigenvalue weighted by atomic mass is 10.2. The van der Waals surface area contributed by atoms with E-state index in [4.69, 9.17) is 9.47 Å². The lowest BCUT2D eigenvalue weighted by molar-refractivity contribution is 0.318. The first-order valence-corrected chi connectivity index (χ1v) is 13.4. The maximum atomic E-state index is 11.3. The zero-order valence-electron chi connectivity index (χ0n) is 19.9. The number of hydrogen-bond acceptors (Lipinski definition) is 8. The number of aryl methyl sites for hydroxylation is 1. The Balaban J connectivity index is 1.31. The molecule has 1 N–H and O–H groups in total. The lowest BCUT2D eigenvalue weighted by Crippen LogP contribution is -2.08. The van der Waals surface area contributed by atoms with Gasteiger partial charge in [-0.1, -0.05) is 0 Å². The van der Waals surface area contributed by atoms with Gasteiger partial charge < -0.3 is 19.2 Å². The molecule has 0 amide bonds. The van der Waals surface area contributed by atoms with Crippen LogP contribution in [0.25, 0.3) is 16.6 Å². The maximum absolute atomic E-state index is 11.3. The predicted molar refractivity (Wildman–Crippen MR) is 139 cm³/mol. The largest absolute Gasteiger partial charge is 0.494 e. The number of anilines is 2. The van der Waals surface area contributed by atoms with Crippen LogP contribution in [0.4, 0.5) is 11.5 Å². The fraction of sp³-hybridized carbons (Fsp3) is 0.192. The number of imidazole rings is 1. The van der Waals surface area contributed by atoms with Gasteiger partial charge in [0.2, 0.25) is 0 Å². The molecule has 0 bridgehead atoms. The zero-order valence-corrected chi connectivity index (χ0v) is 20.7. The molecule has 9 nitrogen and oxygen atoms in total. The number of nitrogens with one attached hydrogen (secondary N) is 1. The molecule has 0 aliphatic rings. The molecular weight excluding hydrogens is 478 g/mol. The van der Waals surface area contributed by atoms with E-state index in [0.717, 1.165) is 33.6 Å². The Morgan fingerprint density at radius 1 is 0.972 bits per heavy atom. The molecule has 36 heavy (non-hydrogen) atoms. The van der Waals surface area contributed by atoms with Crippen LogP contribution >= 0.6 is 0 Å². The molecular formula is C26H25N5O4S. The topological polar surface area (TPSA) is 108 Å². The monoisotopic (exact) mass is 503 g/mol. The van der Waals surface area contributed by atoms with Crippen molar-refractivity contribution in [2.24, 2.45) is 0 Å². The zero-order chi connectivity index (χ0) is 25.1. The van der Waals surface area contributed by atoms with Crippen LogP contribution in [0.15, 0.2) is 73.4 Å². The van der Waals surface area contributed by atoms with Crippen molar-refractivity contribution in [2.45, 2.75) is 13.3 Å². The molecule has 0 atom stereocenters. The summed E-state index contributed by atoms with van der Waals surface area (Å²) in [4.78, 5) is 13.0. The van der Waals surface area contributed by atoms with Gasteiger partial charge >= 0.3 is 0 Å². The molecule has 2 aromatic carbocycles. The number of hydrogen-bond donors (Lipinski definition) is 1. The molecule has 3 aromatic heterocycles. The van der Waals surface area contributed by atoms with Crippen LogP contribution in [-0.4, -0.2) is 46.4 Å². The summed E-state index contributed by atoms with van der Waals surface area (Å²) in [5.74, 6) is 2.81. The van der Waals surface area contributed by atoms with E-state index >= 15 is 0 Å². The van der Waals surface area contributed by atoms with Gasteiger partial charge in [0.05, 0.1) is 17.9 Å². The molecule has 184 valence electrons. The summed E-state index contributed by atoms with van der Waals surface area (Å²) >= 11 is 0. The summed E-state index contributed by atoms with van der Waals surface area (Å²) < 4.78 is 36.4. The van der Waals surface area contributed by atoms with Gasteiger partial charge in [0.1, 0.15) is 44.9 Å². The number of sulfone groups is 1. The second-order valence-corrected chi connectivity index (χ2v) is 10.8. The third kappa shape index (κ3) is 5.55. The van der Waals surface area contributed by atoms with Crippen LogP contribution in [-0.2, 0) is 9.84 Å². The van der Waals surface area contributed by atoms with E-state index in [1.807, 2.05) is 72.2 Å². The predicted octanol–water partition coefficient (Wildman–Crippen LogP) is 4.94. The SMILES string of the molecule is Cc1cc(Nc2ncnc3ccc(OCCCS(C)(=O)=O)cc23)ccc1Oc1ccn2ccnc2c1. The normalized spacial score (nSPS) is 11.6. The maximum Gasteiger partial charge on any atom is 0.147 e. The highest BCUT2D eigenvalue weighted by molar-refractivity contribution is 7.90. The van der Waals surface area contributed by atoms with Crippen molar-refractivity contribution in [1.82, 2.24) is 19.4 Å². The number of aromatic nitrogens is 4. The minimum Gasteiger partial charge on any atom is -0.494 e. The second-order valence-electron chi connectivity index (χ2n) is 8.50. The van der Waals surface area contributed by atoms with E-state index < -0.39 is 9.84 Å². The highest BCUT2D eigenvalue weighted by Gasteiger charge is 2.09. The Kier molecular flexibility index (Phi) is 6.43. The summed E-state index contributed by atoms with van der Waals surface area (Å²) in [6.45, 7) is 2.29. The summed E-state index contributed by atoms with van der Waals surface area (Å²) in [5.41, 5.74) is 3.39. The van der Waals surface area contributed by atoms with Gasteiger partial charge in [-0.2, -0.15) is 0 Å². The molecule has 5 aromatic rings. The van der Waals surface area contributed by atoms with Crippen LogP contribution in [0.5, 0.6) is 17.2 Å². The Labute approximate surface area is 208 Å². The van der Waals surface area contributed by atoms with E-state index in [9.17, 15) is 8.42 Å².